The average molecular weight is 215 g/mol. The molecule has 0 aliphatic rings. The van der Waals surface area contributed by atoms with Gasteiger partial charge in [-0.15, -0.1) is 0 Å². The fourth-order valence-electron chi connectivity index (χ4n) is 1.36. The normalized spacial score (nSPS) is 10.7. The van der Waals surface area contributed by atoms with Crippen LogP contribution in [0.15, 0.2) is 54.6 Å². The molecule has 2 aromatic carbocycles. The molecule has 0 heterocycles. The van der Waals surface area contributed by atoms with Gasteiger partial charge in [0, 0.05) is 5.02 Å². The lowest BCUT2D eigenvalue weighted by Crippen LogP contribution is -1.73. The highest BCUT2D eigenvalue weighted by Crippen LogP contribution is 2.17. The van der Waals surface area contributed by atoms with Gasteiger partial charge in [0.1, 0.15) is 0 Å². The number of benzene rings is 2. The summed E-state index contributed by atoms with van der Waals surface area (Å²) >= 11 is 6.04. The van der Waals surface area contributed by atoms with Gasteiger partial charge < -0.3 is 0 Å². The summed E-state index contributed by atoms with van der Waals surface area (Å²) in [5, 5.41) is 0.782. The summed E-state index contributed by atoms with van der Waals surface area (Å²) < 4.78 is 0. The van der Waals surface area contributed by atoms with Crippen LogP contribution < -0.4 is 0 Å². The van der Waals surface area contributed by atoms with Crippen molar-refractivity contribution in [3.05, 3.63) is 70.7 Å². The lowest BCUT2D eigenvalue weighted by molar-refractivity contribution is 1.64. The third-order valence-electron chi connectivity index (χ3n) is 2.16. The van der Waals surface area contributed by atoms with Gasteiger partial charge >= 0.3 is 0 Å². The molecular weight excluding hydrogens is 204 g/mol. The van der Waals surface area contributed by atoms with Gasteiger partial charge in [-0.3, -0.25) is 0 Å². The Morgan fingerprint density at radius 1 is 0.733 bits per heavy atom. The highest BCUT2D eigenvalue weighted by Gasteiger charge is 1.92. The number of hydrogen-bond acceptors (Lipinski definition) is 0. The monoisotopic (exact) mass is 214 g/mol. The summed E-state index contributed by atoms with van der Waals surface area (Å²) in [5.74, 6) is 0. The van der Waals surface area contributed by atoms with Gasteiger partial charge in [0.15, 0.2) is 0 Å². The van der Waals surface area contributed by atoms with Crippen LogP contribution >= 0.6 is 11.6 Å². The van der Waals surface area contributed by atoms with E-state index in [4.69, 9.17) is 11.6 Å². The van der Waals surface area contributed by atoms with E-state index < -0.39 is 0 Å². The van der Waals surface area contributed by atoms with E-state index in [1.807, 2.05) is 48.5 Å². The molecule has 0 nitrogen and oxygen atoms in total. The van der Waals surface area contributed by atoms with Crippen LogP contribution in [0.1, 0.15) is 11.1 Å². The van der Waals surface area contributed by atoms with Crippen molar-refractivity contribution in [2.75, 3.05) is 0 Å². The third kappa shape index (κ3) is 2.71. The standard InChI is InChI=1S/C14H11Cl/c15-14-9-5-4-8-13(14)11-10-12-6-2-1-3-7-12/h1-11H/b11-10+. The number of halogens is 1. The highest BCUT2D eigenvalue weighted by atomic mass is 35.5. The molecule has 0 amide bonds. The Bertz CT molecular complexity index is 458. The molecule has 0 aromatic heterocycles. The van der Waals surface area contributed by atoms with E-state index in [9.17, 15) is 0 Å². The van der Waals surface area contributed by atoms with Gasteiger partial charge in [0.25, 0.3) is 0 Å². The Hall–Kier alpha value is -1.53. The first-order chi connectivity index (χ1) is 7.36. The number of rotatable bonds is 2. The van der Waals surface area contributed by atoms with Crippen LogP contribution in [0.2, 0.25) is 5.02 Å². The highest BCUT2D eigenvalue weighted by molar-refractivity contribution is 6.32. The molecule has 0 N–H and O–H groups in total. The SMILES string of the molecule is Clc1ccccc1/C=C/c1ccccc1. The molecule has 0 atom stereocenters. The van der Waals surface area contributed by atoms with Gasteiger partial charge in [-0.25, -0.2) is 0 Å². The molecule has 0 bridgehead atoms. The van der Waals surface area contributed by atoms with Gasteiger partial charge in [0.2, 0.25) is 0 Å². The molecule has 0 radical (unpaired) electrons. The van der Waals surface area contributed by atoms with Crippen molar-refractivity contribution >= 4 is 23.8 Å². The molecule has 0 saturated heterocycles. The second kappa shape index (κ2) is 4.81. The smallest absolute Gasteiger partial charge is 0.0478 e. The first kappa shape index (κ1) is 10.0. The molecule has 0 spiro atoms. The largest absolute Gasteiger partial charge is 0.0837 e. The van der Waals surface area contributed by atoms with Gasteiger partial charge in [-0.1, -0.05) is 72.3 Å². The van der Waals surface area contributed by atoms with Gasteiger partial charge in [0.05, 0.1) is 0 Å². The summed E-state index contributed by atoms with van der Waals surface area (Å²) in [5.41, 5.74) is 2.22. The van der Waals surface area contributed by atoms with Crippen LogP contribution in [0.5, 0.6) is 0 Å². The van der Waals surface area contributed by atoms with Crippen LogP contribution in [0, 0.1) is 0 Å². The zero-order valence-corrected chi connectivity index (χ0v) is 8.98. The molecule has 15 heavy (non-hydrogen) atoms. The van der Waals surface area contributed by atoms with E-state index in [0.29, 0.717) is 0 Å². The maximum atomic E-state index is 6.04. The van der Waals surface area contributed by atoms with Crippen molar-refractivity contribution in [2.24, 2.45) is 0 Å². The molecule has 2 aromatic rings. The maximum Gasteiger partial charge on any atom is 0.0478 e. The van der Waals surface area contributed by atoms with E-state index in [2.05, 4.69) is 18.2 Å². The van der Waals surface area contributed by atoms with Crippen molar-refractivity contribution < 1.29 is 0 Å². The first-order valence-corrected chi connectivity index (χ1v) is 5.22. The van der Waals surface area contributed by atoms with Crippen LogP contribution in [0.4, 0.5) is 0 Å². The zero-order valence-electron chi connectivity index (χ0n) is 8.23. The summed E-state index contributed by atoms with van der Waals surface area (Å²) in [7, 11) is 0. The topological polar surface area (TPSA) is 0 Å². The molecule has 0 unspecified atom stereocenters. The Labute approximate surface area is 94.8 Å². The first-order valence-electron chi connectivity index (χ1n) is 4.84. The van der Waals surface area contributed by atoms with Crippen LogP contribution in [-0.4, -0.2) is 0 Å². The molecule has 0 fully saturated rings. The second-order valence-corrected chi connectivity index (χ2v) is 3.67. The maximum absolute atomic E-state index is 6.04. The minimum atomic E-state index is 0.782. The number of hydrogen-bond donors (Lipinski definition) is 0. The van der Waals surface area contributed by atoms with Crippen molar-refractivity contribution in [3.63, 3.8) is 0 Å². The summed E-state index contributed by atoms with van der Waals surface area (Å²) in [6, 6.07) is 18.0. The van der Waals surface area contributed by atoms with Crippen LogP contribution in [0.3, 0.4) is 0 Å². The van der Waals surface area contributed by atoms with Crippen molar-refractivity contribution in [1.29, 1.82) is 0 Å². The predicted octanol–water partition coefficient (Wildman–Crippen LogP) is 4.51. The molecule has 0 aliphatic carbocycles. The lowest BCUT2D eigenvalue weighted by atomic mass is 10.1. The second-order valence-electron chi connectivity index (χ2n) is 3.27. The molecular formula is C14H11Cl. The third-order valence-corrected chi connectivity index (χ3v) is 2.50. The summed E-state index contributed by atoms with van der Waals surface area (Å²) in [4.78, 5) is 0. The van der Waals surface area contributed by atoms with Gasteiger partial charge in [-0.05, 0) is 17.2 Å². The van der Waals surface area contributed by atoms with E-state index in [1.165, 1.54) is 5.56 Å². The lowest BCUT2D eigenvalue weighted by Gasteiger charge is -1.96. The molecule has 0 aliphatic heterocycles. The van der Waals surface area contributed by atoms with Crippen molar-refractivity contribution in [3.8, 4) is 0 Å². The molecule has 2 rings (SSSR count). The van der Waals surface area contributed by atoms with Crippen molar-refractivity contribution in [2.45, 2.75) is 0 Å². The van der Waals surface area contributed by atoms with Crippen molar-refractivity contribution in [1.82, 2.24) is 0 Å². The van der Waals surface area contributed by atoms with Crippen LogP contribution in [-0.2, 0) is 0 Å². The minimum absolute atomic E-state index is 0.782. The molecule has 0 saturated carbocycles. The molecule has 1 heteroatoms. The quantitative estimate of drug-likeness (QED) is 0.646. The summed E-state index contributed by atoms with van der Waals surface area (Å²) in [6.45, 7) is 0. The van der Waals surface area contributed by atoms with E-state index in [1.54, 1.807) is 0 Å². The Balaban J connectivity index is 2.23. The summed E-state index contributed by atoms with van der Waals surface area (Å²) in [6.07, 6.45) is 4.08. The predicted molar refractivity (Wildman–Crippen MR) is 66.8 cm³/mol. The Morgan fingerprint density at radius 3 is 2.13 bits per heavy atom. The molecule has 74 valence electrons. The van der Waals surface area contributed by atoms with E-state index >= 15 is 0 Å². The van der Waals surface area contributed by atoms with Crippen LogP contribution in [0.25, 0.3) is 12.2 Å². The fraction of sp³-hybridized carbons (Fsp3) is 0. The Kier molecular flexibility index (Phi) is 3.21. The zero-order chi connectivity index (χ0) is 10.5. The minimum Gasteiger partial charge on any atom is -0.0837 e. The van der Waals surface area contributed by atoms with E-state index in [-0.39, 0.29) is 0 Å². The van der Waals surface area contributed by atoms with E-state index in [0.717, 1.165) is 10.6 Å². The average Bonchev–Trinajstić information content (AvgIpc) is 2.29. The fourth-order valence-corrected chi connectivity index (χ4v) is 1.56. The van der Waals surface area contributed by atoms with Gasteiger partial charge in [-0.2, -0.15) is 0 Å². The Morgan fingerprint density at radius 2 is 1.40 bits per heavy atom.